The second kappa shape index (κ2) is 6.89. The summed E-state index contributed by atoms with van der Waals surface area (Å²) in [7, 11) is -2.14. The molecule has 1 aromatic rings. The van der Waals surface area contributed by atoms with Gasteiger partial charge in [-0.1, -0.05) is 12.1 Å². The highest BCUT2D eigenvalue weighted by atomic mass is 32.2. The molecule has 0 atom stereocenters. The first-order valence-electron chi connectivity index (χ1n) is 6.65. The summed E-state index contributed by atoms with van der Waals surface area (Å²) in [4.78, 5) is 22.8. The quantitative estimate of drug-likeness (QED) is 0.675. The number of benzene rings is 1. The molecule has 22 heavy (non-hydrogen) atoms. The molecule has 0 aliphatic carbocycles. The molecule has 0 fully saturated rings. The molecule has 0 aliphatic rings. The van der Waals surface area contributed by atoms with E-state index in [0.717, 1.165) is 5.56 Å². The number of carboxylic acid groups (broad SMARTS) is 1. The van der Waals surface area contributed by atoms with Gasteiger partial charge in [-0.3, -0.25) is 4.79 Å². The fourth-order valence-electron chi connectivity index (χ4n) is 1.68. The molecule has 1 aromatic carbocycles. The Kier molecular flexibility index (Phi) is 5.67. The Morgan fingerprint density at radius 3 is 2.18 bits per heavy atom. The monoisotopic (exact) mass is 328 g/mol. The Hall–Kier alpha value is -1.93. The van der Waals surface area contributed by atoms with Crippen LogP contribution in [0.5, 0.6) is 0 Å². The van der Waals surface area contributed by atoms with Crippen molar-refractivity contribution in [3.05, 3.63) is 29.8 Å². The third-order valence-corrected chi connectivity index (χ3v) is 4.56. The maximum atomic E-state index is 11.7. The van der Waals surface area contributed by atoms with Crippen molar-refractivity contribution < 1.29 is 23.1 Å². The van der Waals surface area contributed by atoms with Crippen LogP contribution in [0.25, 0.3) is 0 Å². The number of carbonyl (C=O) groups excluding carboxylic acids is 1. The number of amides is 1. The van der Waals surface area contributed by atoms with Crippen LogP contribution in [0.4, 0.5) is 0 Å². The zero-order valence-corrected chi connectivity index (χ0v) is 13.5. The normalized spacial score (nSPS) is 12.0. The summed E-state index contributed by atoms with van der Waals surface area (Å²) in [5, 5.41) is 11.4. The van der Waals surface area contributed by atoms with Gasteiger partial charge in [-0.05, 0) is 45.0 Å². The molecule has 0 bridgehead atoms. The van der Waals surface area contributed by atoms with Gasteiger partial charge in [0.05, 0.1) is 4.90 Å². The Balaban J connectivity index is 2.63. The first kappa shape index (κ1) is 18.1. The number of hydrogen-bond donors (Lipinski definition) is 3. The first-order valence-corrected chi connectivity index (χ1v) is 8.14. The maximum absolute atomic E-state index is 11.7. The standard InChI is InChI=1S/C14H20N2O5S/c1-14(2,13(18)19)16-12(17)9-6-10-4-7-11(8-5-10)22(20,21)15-3/h4-5,7-8,15H,6,9H2,1-3H3,(H,16,17)(H,18,19). The first-order chi connectivity index (χ1) is 10.1. The Labute approximate surface area is 129 Å². The van der Waals surface area contributed by atoms with E-state index in [0.29, 0.717) is 6.42 Å². The predicted octanol–water partition coefficient (Wildman–Crippen LogP) is 0.507. The third kappa shape index (κ3) is 4.81. The van der Waals surface area contributed by atoms with Gasteiger partial charge >= 0.3 is 5.97 Å². The predicted molar refractivity (Wildman–Crippen MR) is 80.9 cm³/mol. The van der Waals surface area contributed by atoms with E-state index in [1.807, 2.05) is 0 Å². The minimum atomic E-state index is -3.47. The zero-order chi connectivity index (χ0) is 17.0. The van der Waals surface area contributed by atoms with E-state index in [9.17, 15) is 18.0 Å². The molecule has 0 unspecified atom stereocenters. The molecule has 122 valence electrons. The van der Waals surface area contributed by atoms with Crippen molar-refractivity contribution in [2.45, 2.75) is 37.1 Å². The highest BCUT2D eigenvalue weighted by molar-refractivity contribution is 7.89. The lowest BCUT2D eigenvalue weighted by atomic mass is 10.0. The third-order valence-electron chi connectivity index (χ3n) is 3.13. The van der Waals surface area contributed by atoms with Gasteiger partial charge in [0, 0.05) is 6.42 Å². The molecule has 0 aromatic heterocycles. The van der Waals surface area contributed by atoms with Crippen molar-refractivity contribution in [3.63, 3.8) is 0 Å². The molecule has 3 N–H and O–H groups in total. The summed E-state index contributed by atoms with van der Waals surface area (Å²) >= 11 is 0. The Morgan fingerprint density at radius 2 is 1.73 bits per heavy atom. The van der Waals surface area contributed by atoms with E-state index in [2.05, 4.69) is 10.0 Å². The van der Waals surface area contributed by atoms with E-state index in [4.69, 9.17) is 5.11 Å². The van der Waals surface area contributed by atoms with Gasteiger partial charge in [-0.25, -0.2) is 17.9 Å². The number of sulfonamides is 1. The van der Waals surface area contributed by atoms with Crippen LogP contribution in [0.1, 0.15) is 25.8 Å². The van der Waals surface area contributed by atoms with Crippen LogP contribution in [0, 0.1) is 0 Å². The van der Waals surface area contributed by atoms with E-state index < -0.39 is 21.5 Å². The molecule has 0 saturated carbocycles. The Morgan fingerprint density at radius 1 is 1.18 bits per heavy atom. The van der Waals surface area contributed by atoms with Crippen LogP contribution in [0.15, 0.2) is 29.2 Å². The molecule has 0 aliphatic heterocycles. The fraction of sp³-hybridized carbons (Fsp3) is 0.429. The number of carbonyl (C=O) groups is 2. The van der Waals surface area contributed by atoms with Gasteiger partial charge in [-0.15, -0.1) is 0 Å². The number of aliphatic carboxylic acids is 1. The Bertz CT molecular complexity index is 650. The largest absolute Gasteiger partial charge is 0.480 e. The number of aryl methyl sites for hydroxylation is 1. The lowest BCUT2D eigenvalue weighted by Crippen LogP contribution is -2.49. The lowest BCUT2D eigenvalue weighted by Gasteiger charge is -2.20. The van der Waals surface area contributed by atoms with E-state index in [1.54, 1.807) is 12.1 Å². The highest BCUT2D eigenvalue weighted by Crippen LogP contribution is 2.12. The van der Waals surface area contributed by atoms with Crippen molar-refractivity contribution in [3.8, 4) is 0 Å². The molecule has 8 heteroatoms. The second-order valence-electron chi connectivity index (χ2n) is 5.33. The van der Waals surface area contributed by atoms with Crippen LogP contribution in [0.2, 0.25) is 0 Å². The molecule has 7 nitrogen and oxygen atoms in total. The summed E-state index contributed by atoms with van der Waals surface area (Å²) in [5.74, 6) is -1.48. The zero-order valence-electron chi connectivity index (χ0n) is 12.7. The van der Waals surface area contributed by atoms with E-state index in [-0.39, 0.29) is 17.2 Å². The fourth-order valence-corrected chi connectivity index (χ4v) is 2.41. The van der Waals surface area contributed by atoms with E-state index in [1.165, 1.54) is 33.0 Å². The van der Waals surface area contributed by atoms with Gasteiger partial charge in [-0.2, -0.15) is 0 Å². The molecular weight excluding hydrogens is 308 g/mol. The van der Waals surface area contributed by atoms with Crippen LogP contribution in [-0.4, -0.2) is 38.0 Å². The molecule has 0 spiro atoms. The number of nitrogens with one attached hydrogen (secondary N) is 2. The number of carboxylic acids is 1. The summed E-state index contributed by atoms with van der Waals surface area (Å²) in [6, 6.07) is 6.17. The van der Waals surface area contributed by atoms with Crippen molar-refractivity contribution in [2.75, 3.05) is 7.05 Å². The average molecular weight is 328 g/mol. The molecule has 0 radical (unpaired) electrons. The lowest BCUT2D eigenvalue weighted by molar-refractivity contribution is -0.146. The maximum Gasteiger partial charge on any atom is 0.328 e. The minimum absolute atomic E-state index is 0.120. The summed E-state index contributed by atoms with van der Waals surface area (Å²) in [5.41, 5.74) is -0.528. The minimum Gasteiger partial charge on any atom is -0.480 e. The molecule has 1 amide bonds. The van der Waals surface area contributed by atoms with Crippen LogP contribution in [-0.2, 0) is 26.0 Å². The van der Waals surface area contributed by atoms with Crippen molar-refractivity contribution in [2.24, 2.45) is 0 Å². The van der Waals surface area contributed by atoms with Gasteiger partial charge < -0.3 is 10.4 Å². The van der Waals surface area contributed by atoms with Crippen LogP contribution >= 0.6 is 0 Å². The average Bonchev–Trinajstić information content (AvgIpc) is 2.45. The highest BCUT2D eigenvalue weighted by Gasteiger charge is 2.28. The topological polar surface area (TPSA) is 113 Å². The number of rotatable bonds is 7. The van der Waals surface area contributed by atoms with Crippen molar-refractivity contribution >= 4 is 21.9 Å². The summed E-state index contributed by atoms with van der Waals surface area (Å²) in [6.07, 6.45) is 0.510. The second-order valence-corrected chi connectivity index (χ2v) is 7.22. The van der Waals surface area contributed by atoms with E-state index >= 15 is 0 Å². The smallest absolute Gasteiger partial charge is 0.328 e. The van der Waals surface area contributed by atoms with Gasteiger partial charge in [0.2, 0.25) is 15.9 Å². The van der Waals surface area contributed by atoms with Crippen molar-refractivity contribution in [1.82, 2.24) is 10.0 Å². The van der Waals surface area contributed by atoms with Gasteiger partial charge in [0.15, 0.2) is 0 Å². The molecule has 0 saturated heterocycles. The summed E-state index contributed by atoms with van der Waals surface area (Å²) < 4.78 is 25.4. The molecule has 0 heterocycles. The van der Waals surface area contributed by atoms with Crippen LogP contribution in [0.3, 0.4) is 0 Å². The molecular formula is C14H20N2O5S. The van der Waals surface area contributed by atoms with Crippen LogP contribution < -0.4 is 10.0 Å². The molecule has 1 rings (SSSR count). The van der Waals surface area contributed by atoms with Gasteiger partial charge in [0.1, 0.15) is 5.54 Å². The number of hydrogen-bond acceptors (Lipinski definition) is 4. The SMILES string of the molecule is CNS(=O)(=O)c1ccc(CCC(=O)NC(C)(C)C(=O)O)cc1. The van der Waals surface area contributed by atoms with Gasteiger partial charge in [0.25, 0.3) is 0 Å². The summed E-state index contributed by atoms with van der Waals surface area (Å²) in [6.45, 7) is 2.81. The van der Waals surface area contributed by atoms with Crippen molar-refractivity contribution in [1.29, 1.82) is 0 Å².